The van der Waals surface area contributed by atoms with Gasteiger partial charge in [-0.1, -0.05) is 77.1 Å². The van der Waals surface area contributed by atoms with Gasteiger partial charge in [-0.25, -0.2) is 4.79 Å². The Balaban J connectivity index is 3.06. The molecule has 0 fully saturated rings. The van der Waals surface area contributed by atoms with Crippen LogP contribution in [0.2, 0.25) is 19.1 Å². The van der Waals surface area contributed by atoms with E-state index >= 15 is 0 Å². The molecule has 0 radical (unpaired) electrons. The van der Waals surface area contributed by atoms with Crippen molar-refractivity contribution in [2.45, 2.75) is 83.8 Å². The van der Waals surface area contributed by atoms with E-state index in [-0.39, 0.29) is 21.4 Å². The lowest BCUT2D eigenvalue weighted by molar-refractivity contribution is -0.140. The van der Waals surface area contributed by atoms with Crippen molar-refractivity contribution in [3.63, 3.8) is 0 Å². The van der Waals surface area contributed by atoms with Crippen molar-refractivity contribution in [1.29, 1.82) is 0 Å². The van der Waals surface area contributed by atoms with Crippen molar-refractivity contribution in [2.75, 3.05) is 59.5 Å². The van der Waals surface area contributed by atoms with Gasteiger partial charge >= 0.3 is 5.97 Å². The van der Waals surface area contributed by atoms with Crippen molar-refractivity contribution in [2.24, 2.45) is 0 Å². The zero-order valence-corrected chi connectivity index (χ0v) is 22.3. The van der Waals surface area contributed by atoms with Gasteiger partial charge in [0, 0.05) is 21.0 Å². The highest BCUT2D eigenvalue weighted by Crippen LogP contribution is 2.11. The van der Waals surface area contributed by atoms with Crippen molar-refractivity contribution >= 4 is 14.8 Å². The smallest absolute Gasteiger partial charge is 0.333 e. The van der Waals surface area contributed by atoms with E-state index in [4.69, 9.17) is 23.7 Å². The van der Waals surface area contributed by atoms with Crippen LogP contribution in [0.15, 0.2) is 12.2 Å². The molecular formula is C25H50O6Si. The number of carbonyl (C=O) groups excluding carboxylic acids is 1. The molecule has 0 aromatic heterocycles. The normalized spacial score (nSPS) is 11.2. The number of ether oxygens (including phenoxy) is 5. The molecule has 190 valence electrons. The second-order valence-electron chi connectivity index (χ2n) is 8.73. The van der Waals surface area contributed by atoms with E-state index in [1.54, 1.807) is 6.92 Å². The lowest BCUT2D eigenvalue weighted by Gasteiger charge is -2.08. The fraction of sp³-hybridized carbons (Fsp3) is 0.880. The van der Waals surface area contributed by atoms with Gasteiger partial charge in [-0.15, -0.1) is 0 Å². The lowest BCUT2D eigenvalue weighted by atomic mass is 10.1. The van der Waals surface area contributed by atoms with Crippen molar-refractivity contribution in [1.82, 2.24) is 0 Å². The molecule has 0 spiro atoms. The maximum absolute atomic E-state index is 11.1. The molecule has 0 aliphatic rings. The summed E-state index contributed by atoms with van der Waals surface area (Å²) in [7, 11) is -0.319. The van der Waals surface area contributed by atoms with E-state index < -0.39 is 0 Å². The van der Waals surface area contributed by atoms with E-state index in [0.29, 0.717) is 51.8 Å². The average Bonchev–Trinajstić information content (AvgIpc) is 2.76. The molecular weight excluding hydrogens is 424 g/mol. The Labute approximate surface area is 199 Å². The summed E-state index contributed by atoms with van der Waals surface area (Å²) in [6.07, 6.45) is 12.3. The highest BCUT2D eigenvalue weighted by Gasteiger charge is 2.02. The van der Waals surface area contributed by atoms with E-state index in [9.17, 15) is 4.79 Å². The molecule has 7 heteroatoms. The molecule has 0 atom stereocenters. The van der Waals surface area contributed by atoms with Gasteiger partial charge in [-0.05, 0) is 13.3 Å². The standard InChI is InChI=1S/C25H50O6Si/c1-24(2)25(26)31-22-21-30-20-19-29-18-17-28-16-15-27-14-12-10-8-6-5-7-9-11-13-23-32(3)4/h32H,1,5-23H2,2-4H3. The predicted molar refractivity (Wildman–Crippen MR) is 134 cm³/mol. The number of unbranched alkanes of at least 4 members (excludes halogenated alkanes) is 8. The van der Waals surface area contributed by atoms with Gasteiger partial charge in [0.15, 0.2) is 0 Å². The van der Waals surface area contributed by atoms with E-state index in [1.165, 1.54) is 57.4 Å². The summed E-state index contributed by atoms with van der Waals surface area (Å²) in [5, 5.41) is 0. The molecule has 0 heterocycles. The first-order valence-electron chi connectivity index (χ1n) is 12.7. The van der Waals surface area contributed by atoms with Crippen LogP contribution >= 0.6 is 0 Å². The van der Waals surface area contributed by atoms with Crippen LogP contribution in [-0.2, 0) is 28.5 Å². The summed E-state index contributed by atoms with van der Waals surface area (Å²) >= 11 is 0. The number of esters is 1. The topological polar surface area (TPSA) is 63.2 Å². The number of hydrogen-bond donors (Lipinski definition) is 0. The SMILES string of the molecule is C=C(C)C(=O)OCCOCCOCCOCCOCCCCCCCCCCC[SiH](C)C. The number of carbonyl (C=O) groups is 1. The minimum atomic E-state index is -0.388. The van der Waals surface area contributed by atoms with Gasteiger partial charge in [0.2, 0.25) is 0 Å². The summed E-state index contributed by atoms with van der Waals surface area (Å²) in [5.74, 6) is -0.388. The summed E-state index contributed by atoms with van der Waals surface area (Å²) in [6.45, 7) is 14.7. The second-order valence-corrected chi connectivity index (χ2v) is 12.1. The van der Waals surface area contributed by atoms with Crippen LogP contribution in [0.25, 0.3) is 0 Å². The molecule has 6 nitrogen and oxygen atoms in total. The largest absolute Gasteiger partial charge is 0.460 e. The quantitative estimate of drug-likeness (QED) is 0.0787. The van der Waals surface area contributed by atoms with E-state index in [1.807, 2.05) is 0 Å². The summed E-state index contributed by atoms with van der Waals surface area (Å²) in [5.41, 5.74) is 0.392. The second kappa shape index (κ2) is 24.9. The Hall–Kier alpha value is -0.733. The first-order chi connectivity index (χ1) is 15.5. The molecule has 0 rings (SSSR count). The van der Waals surface area contributed by atoms with Crippen molar-refractivity contribution < 1.29 is 28.5 Å². The summed E-state index contributed by atoms with van der Waals surface area (Å²) in [4.78, 5) is 11.1. The number of rotatable bonds is 25. The Morgan fingerprint density at radius 3 is 1.41 bits per heavy atom. The van der Waals surface area contributed by atoms with Gasteiger partial charge in [0.1, 0.15) is 6.61 Å². The Bertz CT molecular complexity index is 431. The third kappa shape index (κ3) is 25.5. The highest BCUT2D eigenvalue weighted by molar-refractivity contribution is 6.55. The molecule has 0 saturated heterocycles. The molecule has 0 aliphatic heterocycles. The molecule has 0 aromatic rings. The Morgan fingerprint density at radius 2 is 0.969 bits per heavy atom. The van der Waals surface area contributed by atoms with Crippen LogP contribution in [0, 0.1) is 0 Å². The van der Waals surface area contributed by atoms with Crippen molar-refractivity contribution in [3.8, 4) is 0 Å². The summed E-state index contributed by atoms with van der Waals surface area (Å²) in [6, 6.07) is 1.52. The summed E-state index contributed by atoms with van der Waals surface area (Å²) < 4.78 is 26.7. The average molecular weight is 475 g/mol. The van der Waals surface area contributed by atoms with Gasteiger partial charge < -0.3 is 23.7 Å². The van der Waals surface area contributed by atoms with Crippen LogP contribution in [0.4, 0.5) is 0 Å². The van der Waals surface area contributed by atoms with E-state index in [2.05, 4.69) is 19.7 Å². The first kappa shape index (κ1) is 31.3. The van der Waals surface area contributed by atoms with Gasteiger partial charge in [0.05, 0.1) is 46.2 Å². The zero-order chi connectivity index (χ0) is 23.7. The Kier molecular flexibility index (Phi) is 24.3. The molecule has 0 N–H and O–H groups in total. The Morgan fingerprint density at radius 1 is 0.594 bits per heavy atom. The van der Waals surface area contributed by atoms with Crippen LogP contribution in [0.5, 0.6) is 0 Å². The molecule has 0 aliphatic carbocycles. The third-order valence-corrected chi connectivity index (χ3v) is 6.56. The molecule has 0 unspecified atom stereocenters. The molecule has 0 bridgehead atoms. The molecule has 0 amide bonds. The highest BCUT2D eigenvalue weighted by atomic mass is 28.3. The lowest BCUT2D eigenvalue weighted by Crippen LogP contribution is -2.14. The first-order valence-corrected chi connectivity index (χ1v) is 15.8. The monoisotopic (exact) mass is 474 g/mol. The van der Waals surface area contributed by atoms with Gasteiger partial charge in [0.25, 0.3) is 0 Å². The van der Waals surface area contributed by atoms with Crippen LogP contribution in [0.3, 0.4) is 0 Å². The predicted octanol–water partition coefficient (Wildman–Crippen LogP) is 5.17. The molecule has 0 saturated carbocycles. The molecule has 0 aromatic carbocycles. The van der Waals surface area contributed by atoms with E-state index in [0.717, 1.165) is 13.0 Å². The van der Waals surface area contributed by atoms with Crippen LogP contribution in [0.1, 0.15) is 64.7 Å². The van der Waals surface area contributed by atoms with Gasteiger partial charge in [-0.2, -0.15) is 0 Å². The van der Waals surface area contributed by atoms with Crippen molar-refractivity contribution in [3.05, 3.63) is 12.2 Å². The van der Waals surface area contributed by atoms with Crippen LogP contribution < -0.4 is 0 Å². The third-order valence-electron chi connectivity index (χ3n) is 5.00. The molecule has 32 heavy (non-hydrogen) atoms. The maximum atomic E-state index is 11.1. The fourth-order valence-electron chi connectivity index (χ4n) is 3.07. The number of hydrogen-bond acceptors (Lipinski definition) is 6. The van der Waals surface area contributed by atoms with Crippen LogP contribution in [-0.4, -0.2) is 74.2 Å². The maximum Gasteiger partial charge on any atom is 0.333 e. The zero-order valence-electron chi connectivity index (χ0n) is 21.2. The fourth-order valence-corrected chi connectivity index (χ4v) is 4.18. The van der Waals surface area contributed by atoms with Gasteiger partial charge in [-0.3, -0.25) is 0 Å². The minimum Gasteiger partial charge on any atom is -0.460 e. The minimum absolute atomic E-state index is 0.231.